The van der Waals surface area contributed by atoms with Crippen molar-refractivity contribution in [3.05, 3.63) is 35.9 Å². The van der Waals surface area contributed by atoms with E-state index in [9.17, 15) is 14.7 Å². The SMILES string of the molecule is O=C1NC(c2ccccc2)C(=O)N1CC(O)CO. The van der Waals surface area contributed by atoms with Crippen LogP contribution in [0.25, 0.3) is 0 Å². The molecular formula is C12H14N2O4. The first-order valence-electron chi connectivity index (χ1n) is 5.59. The molecule has 3 N–H and O–H groups in total. The monoisotopic (exact) mass is 250 g/mol. The molecule has 0 saturated carbocycles. The molecule has 0 aromatic heterocycles. The Balaban J connectivity index is 2.14. The molecule has 1 aliphatic rings. The second kappa shape index (κ2) is 5.16. The zero-order valence-corrected chi connectivity index (χ0v) is 9.61. The van der Waals surface area contributed by atoms with Crippen molar-refractivity contribution in [2.45, 2.75) is 12.1 Å². The van der Waals surface area contributed by atoms with Gasteiger partial charge in [-0.05, 0) is 5.56 Å². The number of nitrogens with zero attached hydrogens (tertiary/aromatic N) is 1. The minimum Gasteiger partial charge on any atom is -0.394 e. The number of amides is 3. The Hall–Kier alpha value is -1.92. The Labute approximate surface area is 104 Å². The molecule has 6 heteroatoms. The van der Waals surface area contributed by atoms with Crippen molar-refractivity contribution in [2.75, 3.05) is 13.2 Å². The van der Waals surface area contributed by atoms with E-state index in [4.69, 9.17) is 5.11 Å². The molecule has 1 aliphatic heterocycles. The minimum atomic E-state index is -1.12. The van der Waals surface area contributed by atoms with E-state index < -0.39 is 30.7 Å². The molecule has 18 heavy (non-hydrogen) atoms. The molecular weight excluding hydrogens is 236 g/mol. The largest absolute Gasteiger partial charge is 0.394 e. The second-order valence-corrected chi connectivity index (χ2v) is 4.08. The smallest absolute Gasteiger partial charge is 0.325 e. The van der Waals surface area contributed by atoms with Gasteiger partial charge in [-0.25, -0.2) is 4.79 Å². The predicted molar refractivity (Wildman–Crippen MR) is 62.5 cm³/mol. The van der Waals surface area contributed by atoms with Crippen LogP contribution in [0, 0.1) is 0 Å². The quantitative estimate of drug-likeness (QED) is 0.636. The first-order chi connectivity index (χ1) is 8.63. The summed E-state index contributed by atoms with van der Waals surface area (Å²) < 4.78 is 0. The van der Waals surface area contributed by atoms with Gasteiger partial charge in [-0.2, -0.15) is 0 Å². The van der Waals surface area contributed by atoms with E-state index in [1.54, 1.807) is 24.3 Å². The number of aliphatic hydroxyl groups excluding tert-OH is 2. The van der Waals surface area contributed by atoms with Crippen molar-refractivity contribution in [1.82, 2.24) is 10.2 Å². The third kappa shape index (κ3) is 2.34. The summed E-state index contributed by atoms with van der Waals surface area (Å²) in [5, 5.41) is 20.6. The van der Waals surface area contributed by atoms with Crippen molar-refractivity contribution in [3.63, 3.8) is 0 Å². The van der Waals surface area contributed by atoms with Gasteiger partial charge >= 0.3 is 6.03 Å². The summed E-state index contributed by atoms with van der Waals surface area (Å²) >= 11 is 0. The van der Waals surface area contributed by atoms with Crippen molar-refractivity contribution >= 4 is 11.9 Å². The van der Waals surface area contributed by atoms with E-state index >= 15 is 0 Å². The topological polar surface area (TPSA) is 89.9 Å². The number of hydrogen-bond donors (Lipinski definition) is 3. The minimum absolute atomic E-state index is 0.204. The van der Waals surface area contributed by atoms with Crippen LogP contribution in [-0.2, 0) is 4.79 Å². The number of benzene rings is 1. The zero-order valence-electron chi connectivity index (χ0n) is 9.61. The summed E-state index contributed by atoms with van der Waals surface area (Å²) in [5.74, 6) is -0.418. The Bertz CT molecular complexity index is 449. The lowest BCUT2D eigenvalue weighted by atomic mass is 10.1. The van der Waals surface area contributed by atoms with E-state index in [-0.39, 0.29) is 6.54 Å². The van der Waals surface area contributed by atoms with Crippen molar-refractivity contribution in [2.24, 2.45) is 0 Å². The van der Waals surface area contributed by atoms with Crippen molar-refractivity contribution in [3.8, 4) is 0 Å². The molecule has 3 amide bonds. The molecule has 0 spiro atoms. The number of β-amino-alcohol motifs (C(OH)–C–C–N with tert-alkyl or cyclic N) is 1. The maximum Gasteiger partial charge on any atom is 0.325 e. The molecule has 2 rings (SSSR count). The van der Waals surface area contributed by atoms with Crippen LogP contribution in [0.4, 0.5) is 4.79 Å². The summed E-state index contributed by atoms with van der Waals surface area (Å²) in [7, 11) is 0. The van der Waals surface area contributed by atoms with Crippen LogP contribution in [0.3, 0.4) is 0 Å². The average molecular weight is 250 g/mol. The summed E-state index contributed by atoms with van der Waals surface area (Å²) in [6.45, 7) is -0.697. The third-order valence-corrected chi connectivity index (χ3v) is 2.76. The van der Waals surface area contributed by atoms with Crippen LogP contribution in [-0.4, -0.2) is 46.3 Å². The third-order valence-electron chi connectivity index (χ3n) is 2.76. The zero-order chi connectivity index (χ0) is 13.1. The van der Waals surface area contributed by atoms with Crippen LogP contribution in [0.1, 0.15) is 11.6 Å². The molecule has 0 radical (unpaired) electrons. The molecule has 0 aliphatic carbocycles. The summed E-state index contributed by atoms with van der Waals surface area (Å²) in [6, 6.07) is 7.59. The van der Waals surface area contributed by atoms with Crippen LogP contribution in [0.15, 0.2) is 30.3 Å². The van der Waals surface area contributed by atoms with E-state index in [0.717, 1.165) is 4.90 Å². The maximum absolute atomic E-state index is 12.0. The lowest BCUT2D eigenvalue weighted by molar-refractivity contribution is -0.128. The average Bonchev–Trinajstić information content (AvgIpc) is 2.67. The van der Waals surface area contributed by atoms with Gasteiger partial charge in [-0.3, -0.25) is 9.69 Å². The maximum atomic E-state index is 12.0. The van der Waals surface area contributed by atoms with Gasteiger partial charge in [-0.1, -0.05) is 30.3 Å². The van der Waals surface area contributed by atoms with Crippen LogP contribution in [0.2, 0.25) is 0 Å². The number of carbonyl (C=O) groups is 2. The van der Waals surface area contributed by atoms with E-state index in [1.165, 1.54) is 0 Å². The van der Waals surface area contributed by atoms with Gasteiger partial charge in [0.2, 0.25) is 0 Å². The number of rotatable bonds is 4. The Kier molecular flexibility index (Phi) is 3.59. The second-order valence-electron chi connectivity index (χ2n) is 4.08. The summed E-state index contributed by atoms with van der Waals surface area (Å²) in [4.78, 5) is 24.6. The molecule has 1 aromatic rings. The van der Waals surface area contributed by atoms with Gasteiger partial charge in [0, 0.05) is 0 Å². The first-order valence-corrected chi connectivity index (χ1v) is 5.59. The molecule has 6 nitrogen and oxygen atoms in total. The van der Waals surface area contributed by atoms with E-state index in [0.29, 0.717) is 5.56 Å². The Morgan fingerprint density at radius 3 is 2.56 bits per heavy atom. The first kappa shape index (κ1) is 12.5. The molecule has 1 aromatic carbocycles. The fourth-order valence-corrected chi connectivity index (χ4v) is 1.83. The van der Waals surface area contributed by atoms with Gasteiger partial charge in [0.05, 0.1) is 19.3 Å². The number of nitrogens with one attached hydrogen (secondary N) is 1. The summed E-state index contributed by atoms with van der Waals surface area (Å²) in [6.07, 6.45) is -1.12. The highest BCUT2D eigenvalue weighted by atomic mass is 16.3. The van der Waals surface area contributed by atoms with Gasteiger partial charge in [0.25, 0.3) is 5.91 Å². The molecule has 0 bridgehead atoms. The van der Waals surface area contributed by atoms with Crippen LogP contribution >= 0.6 is 0 Å². The normalized spacial score (nSPS) is 21.0. The molecule has 1 fully saturated rings. The number of imide groups is 1. The number of urea groups is 1. The van der Waals surface area contributed by atoms with Gasteiger partial charge < -0.3 is 15.5 Å². The van der Waals surface area contributed by atoms with E-state index in [1.807, 2.05) is 6.07 Å². The Morgan fingerprint density at radius 2 is 1.94 bits per heavy atom. The highest BCUT2D eigenvalue weighted by molar-refractivity contribution is 6.04. The molecule has 1 saturated heterocycles. The predicted octanol–water partition coefficient (Wildman–Crippen LogP) is -0.367. The van der Waals surface area contributed by atoms with E-state index in [2.05, 4.69) is 5.32 Å². The van der Waals surface area contributed by atoms with Crippen LogP contribution in [0.5, 0.6) is 0 Å². The molecule has 2 unspecified atom stereocenters. The van der Waals surface area contributed by atoms with Gasteiger partial charge in [0.1, 0.15) is 6.04 Å². The number of aliphatic hydroxyl groups is 2. The van der Waals surface area contributed by atoms with Gasteiger partial charge in [-0.15, -0.1) is 0 Å². The fourth-order valence-electron chi connectivity index (χ4n) is 1.83. The number of carbonyl (C=O) groups excluding carboxylic acids is 2. The van der Waals surface area contributed by atoms with Crippen LogP contribution < -0.4 is 5.32 Å². The Morgan fingerprint density at radius 1 is 1.28 bits per heavy atom. The van der Waals surface area contributed by atoms with Crippen molar-refractivity contribution in [1.29, 1.82) is 0 Å². The highest BCUT2D eigenvalue weighted by Gasteiger charge is 2.39. The lowest BCUT2D eigenvalue weighted by Gasteiger charge is -2.15. The van der Waals surface area contributed by atoms with Gasteiger partial charge in [0.15, 0.2) is 0 Å². The lowest BCUT2D eigenvalue weighted by Crippen LogP contribution is -2.38. The molecule has 96 valence electrons. The fraction of sp³-hybridized carbons (Fsp3) is 0.333. The molecule has 2 atom stereocenters. The molecule has 1 heterocycles. The highest BCUT2D eigenvalue weighted by Crippen LogP contribution is 2.21. The van der Waals surface area contributed by atoms with Crippen molar-refractivity contribution < 1.29 is 19.8 Å². The summed E-state index contributed by atoms with van der Waals surface area (Å²) in [5.41, 5.74) is 0.692. The standard InChI is InChI=1S/C12H14N2O4/c15-7-9(16)6-14-11(17)10(13-12(14)18)8-4-2-1-3-5-8/h1-5,9-10,15-16H,6-7H2,(H,13,18). The number of hydrogen-bond acceptors (Lipinski definition) is 4.